The SMILES string of the molecule is Cc1ccc(C(NN)c2cc(C(F)(F)F)ccc2Br)cn1. The highest BCUT2D eigenvalue weighted by Crippen LogP contribution is 2.35. The normalized spacial score (nSPS) is 13.2. The number of alkyl halides is 3. The minimum atomic E-state index is -4.40. The molecule has 0 saturated carbocycles. The maximum Gasteiger partial charge on any atom is 0.416 e. The zero-order valence-corrected chi connectivity index (χ0v) is 12.7. The first-order valence-electron chi connectivity index (χ1n) is 6.08. The minimum Gasteiger partial charge on any atom is -0.271 e. The molecule has 0 aliphatic rings. The van der Waals surface area contributed by atoms with Gasteiger partial charge in [-0.3, -0.25) is 10.8 Å². The number of hydrogen-bond acceptors (Lipinski definition) is 3. The second-order valence-corrected chi connectivity index (χ2v) is 5.42. The zero-order valence-electron chi connectivity index (χ0n) is 11.1. The van der Waals surface area contributed by atoms with E-state index in [-0.39, 0.29) is 0 Å². The third-order valence-electron chi connectivity index (χ3n) is 3.07. The largest absolute Gasteiger partial charge is 0.416 e. The summed E-state index contributed by atoms with van der Waals surface area (Å²) in [6, 6.07) is 6.43. The van der Waals surface area contributed by atoms with Crippen LogP contribution in [0.15, 0.2) is 41.0 Å². The lowest BCUT2D eigenvalue weighted by molar-refractivity contribution is -0.137. The molecule has 2 aromatic rings. The van der Waals surface area contributed by atoms with Crippen LogP contribution in [0.25, 0.3) is 0 Å². The topological polar surface area (TPSA) is 50.9 Å². The van der Waals surface area contributed by atoms with Crippen molar-refractivity contribution in [1.29, 1.82) is 0 Å². The minimum absolute atomic E-state index is 0.401. The fourth-order valence-corrected chi connectivity index (χ4v) is 2.43. The third-order valence-corrected chi connectivity index (χ3v) is 3.79. The lowest BCUT2D eigenvalue weighted by Gasteiger charge is -2.20. The number of hydrazine groups is 1. The van der Waals surface area contributed by atoms with Gasteiger partial charge in [0.1, 0.15) is 0 Å². The number of nitrogens with two attached hydrogens (primary N) is 1. The van der Waals surface area contributed by atoms with E-state index in [1.807, 2.05) is 6.92 Å². The Morgan fingerprint density at radius 3 is 2.48 bits per heavy atom. The molecule has 2 rings (SSSR count). The fraction of sp³-hybridized carbons (Fsp3) is 0.214. The van der Waals surface area contributed by atoms with E-state index in [1.165, 1.54) is 6.07 Å². The van der Waals surface area contributed by atoms with Crippen molar-refractivity contribution in [2.75, 3.05) is 0 Å². The molecule has 3 nitrogen and oxygen atoms in total. The van der Waals surface area contributed by atoms with Crippen molar-refractivity contribution in [2.24, 2.45) is 5.84 Å². The summed E-state index contributed by atoms with van der Waals surface area (Å²) >= 11 is 3.27. The summed E-state index contributed by atoms with van der Waals surface area (Å²) in [7, 11) is 0. The van der Waals surface area contributed by atoms with Crippen LogP contribution >= 0.6 is 15.9 Å². The Morgan fingerprint density at radius 1 is 1.24 bits per heavy atom. The highest BCUT2D eigenvalue weighted by Gasteiger charge is 2.31. The Morgan fingerprint density at radius 2 is 1.95 bits per heavy atom. The molecule has 1 aromatic heterocycles. The molecule has 0 aliphatic carbocycles. The number of benzene rings is 1. The van der Waals surface area contributed by atoms with Gasteiger partial charge >= 0.3 is 6.18 Å². The van der Waals surface area contributed by atoms with Gasteiger partial charge in [0, 0.05) is 16.4 Å². The van der Waals surface area contributed by atoms with E-state index in [9.17, 15) is 13.2 Å². The third kappa shape index (κ3) is 3.61. The van der Waals surface area contributed by atoms with Gasteiger partial charge in [-0.15, -0.1) is 0 Å². The summed E-state index contributed by atoms with van der Waals surface area (Å²) in [5, 5.41) is 0. The molecule has 7 heteroatoms. The van der Waals surface area contributed by atoms with Gasteiger partial charge in [-0.05, 0) is 42.3 Å². The van der Waals surface area contributed by atoms with Gasteiger partial charge in [-0.25, -0.2) is 5.43 Å². The Balaban J connectivity index is 2.49. The summed E-state index contributed by atoms with van der Waals surface area (Å²) in [6.07, 6.45) is -2.81. The van der Waals surface area contributed by atoms with Crippen molar-refractivity contribution in [1.82, 2.24) is 10.4 Å². The molecule has 1 unspecified atom stereocenters. The van der Waals surface area contributed by atoms with Crippen molar-refractivity contribution < 1.29 is 13.2 Å². The number of halogens is 4. The van der Waals surface area contributed by atoms with E-state index < -0.39 is 17.8 Å². The molecule has 1 aromatic carbocycles. The number of hydrogen-bond donors (Lipinski definition) is 2. The summed E-state index contributed by atoms with van der Waals surface area (Å²) in [6.45, 7) is 1.83. The van der Waals surface area contributed by atoms with Gasteiger partial charge in [-0.2, -0.15) is 13.2 Å². The molecule has 112 valence electrons. The first kappa shape index (κ1) is 15.9. The maximum atomic E-state index is 12.8. The monoisotopic (exact) mass is 359 g/mol. The second kappa shape index (κ2) is 6.13. The Kier molecular flexibility index (Phi) is 4.65. The molecule has 0 bridgehead atoms. The van der Waals surface area contributed by atoms with Crippen molar-refractivity contribution in [2.45, 2.75) is 19.1 Å². The lowest BCUT2D eigenvalue weighted by atomic mass is 9.98. The first-order chi connectivity index (χ1) is 9.82. The molecule has 0 radical (unpaired) electrons. The number of rotatable bonds is 3. The molecule has 1 heterocycles. The van der Waals surface area contributed by atoms with Crippen LogP contribution in [0.4, 0.5) is 13.2 Å². The van der Waals surface area contributed by atoms with Crippen LogP contribution < -0.4 is 11.3 Å². The molecule has 0 amide bonds. The fourth-order valence-electron chi connectivity index (χ4n) is 1.96. The smallest absolute Gasteiger partial charge is 0.271 e. The first-order valence-corrected chi connectivity index (χ1v) is 6.87. The molecule has 0 spiro atoms. The highest BCUT2D eigenvalue weighted by molar-refractivity contribution is 9.10. The molecular formula is C14H13BrF3N3. The van der Waals surface area contributed by atoms with E-state index in [2.05, 4.69) is 26.3 Å². The predicted octanol–water partition coefficient (Wildman–Crippen LogP) is 3.72. The molecule has 0 aliphatic heterocycles. The summed E-state index contributed by atoms with van der Waals surface area (Å²) in [5.41, 5.74) is 3.72. The molecule has 0 fully saturated rings. The number of nitrogens with one attached hydrogen (secondary N) is 1. The van der Waals surface area contributed by atoms with Crippen molar-refractivity contribution >= 4 is 15.9 Å². The van der Waals surface area contributed by atoms with Crippen LogP contribution in [0.3, 0.4) is 0 Å². The second-order valence-electron chi connectivity index (χ2n) is 4.57. The van der Waals surface area contributed by atoms with Crippen LogP contribution in [-0.2, 0) is 6.18 Å². The Labute approximate surface area is 128 Å². The molecule has 21 heavy (non-hydrogen) atoms. The lowest BCUT2D eigenvalue weighted by Crippen LogP contribution is -2.29. The average molecular weight is 360 g/mol. The molecular weight excluding hydrogens is 347 g/mol. The summed E-state index contributed by atoms with van der Waals surface area (Å²) in [5.74, 6) is 5.52. The highest BCUT2D eigenvalue weighted by atomic mass is 79.9. The van der Waals surface area contributed by atoms with E-state index in [0.29, 0.717) is 15.6 Å². The average Bonchev–Trinajstić information content (AvgIpc) is 2.42. The summed E-state index contributed by atoms with van der Waals surface area (Å²) in [4.78, 5) is 4.14. The van der Waals surface area contributed by atoms with Crippen LogP contribution in [0.2, 0.25) is 0 Å². The Hall–Kier alpha value is -1.44. The van der Waals surface area contributed by atoms with Crippen LogP contribution in [-0.4, -0.2) is 4.98 Å². The van der Waals surface area contributed by atoms with E-state index in [0.717, 1.165) is 17.8 Å². The zero-order chi connectivity index (χ0) is 15.6. The quantitative estimate of drug-likeness (QED) is 0.648. The molecule has 3 N–H and O–H groups in total. The van der Waals surface area contributed by atoms with Gasteiger partial charge in [-0.1, -0.05) is 22.0 Å². The number of aromatic nitrogens is 1. The van der Waals surface area contributed by atoms with Gasteiger partial charge in [0.25, 0.3) is 0 Å². The van der Waals surface area contributed by atoms with Crippen LogP contribution in [0, 0.1) is 6.92 Å². The number of pyridine rings is 1. The number of aryl methyl sites for hydroxylation is 1. The van der Waals surface area contributed by atoms with Gasteiger partial charge in [0.15, 0.2) is 0 Å². The van der Waals surface area contributed by atoms with Crippen molar-refractivity contribution in [3.63, 3.8) is 0 Å². The number of nitrogens with zero attached hydrogens (tertiary/aromatic N) is 1. The van der Waals surface area contributed by atoms with Gasteiger partial charge in [0.05, 0.1) is 11.6 Å². The standard InChI is InChI=1S/C14H13BrF3N3/c1-8-2-3-9(7-20-8)13(21-19)11-6-10(14(16,17)18)4-5-12(11)15/h2-7,13,21H,19H2,1H3. The van der Waals surface area contributed by atoms with E-state index in [1.54, 1.807) is 18.3 Å². The van der Waals surface area contributed by atoms with E-state index >= 15 is 0 Å². The summed E-state index contributed by atoms with van der Waals surface area (Å²) < 4.78 is 39.1. The van der Waals surface area contributed by atoms with Crippen LogP contribution in [0.1, 0.15) is 28.4 Å². The molecule has 0 saturated heterocycles. The Bertz CT molecular complexity index is 626. The van der Waals surface area contributed by atoms with Crippen molar-refractivity contribution in [3.8, 4) is 0 Å². The van der Waals surface area contributed by atoms with Gasteiger partial charge in [0.2, 0.25) is 0 Å². The van der Waals surface area contributed by atoms with E-state index in [4.69, 9.17) is 5.84 Å². The van der Waals surface area contributed by atoms with Gasteiger partial charge < -0.3 is 0 Å². The van der Waals surface area contributed by atoms with Crippen molar-refractivity contribution in [3.05, 3.63) is 63.4 Å². The van der Waals surface area contributed by atoms with Crippen LogP contribution in [0.5, 0.6) is 0 Å². The predicted molar refractivity (Wildman–Crippen MR) is 77.3 cm³/mol. The molecule has 1 atom stereocenters. The maximum absolute atomic E-state index is 12.8.